The van der Waals surface area contributed by atoms with Gasteiger partial charge in [-0.3, -0.25) is 5.10 Å². The zero-order chi connectivity index (χ0) is 13.8. The number of nitrogens with one attached hydrogen (secondary N) is 2. The van der Waals surface area contributed by atoms with Crippen LogP contribution in [0.5, 0.6) is 0 Å². The zero-order valence-corrected chi connectivity index (χ0v) is 11.3. The molecule has 2 aromatic heterocycles. The molecule has 4 nitrogen and oxygen atoms in total. The van der Waals surface area contributed by atoms with Crippen molar-refractivity contribution in [2.75, 3.05) is 0 Å². The summed E-state index contributed by atoms with van der Waals surface area (Å²) in [4.78, 5) is 0. The van der Waals surface area contributed by atoms with Crippen molar-refractivity contribution >= 4 is 0 Å². The largest absolute Gasteiger partial charge is 0.472 e. The Balaban J connectivity index is 1.61. The maximum Gasteiger partial charge on any atom is 0.0950 e. The molecule has 0 aliphatic rings. The van der Waals surface area contributed by atoms with E-state index in [-0.39, 0.29) is 6.04 Å². The summed E-state index contributed by atoms with van der Waals surface area (Å²) in [5.74, 6) is 0. The van der Waals surface area contributed by atoms with Crippen molar-refractivity contribution in [3.8, 4) is 11.3 Å². The highest BCUT2D eigenvalue weighted by molar-refractivity contribution is 5.58. The number of hydrogen-bond donors (Lipinski definition) is 2. The fourth-order valence-corrected chi connectivity index (χ4v) is 2.13. The molecule has 0 aliphatic carbocycles. The topological polar surface area (TPSA) is 53.9 Å². The van der Waals surface area contributed by atoms with Gasteiger partial charge in [0.2, 0.25) is 0 Å². The molecule has 2 N–H and O–H groups in total. The molecule has 0 fully saturated rings. The number of furan rings is 1. The van der Waals surface area contributed by atoms with Gasteiger partial charge in [0.25, 0.3) is 0 Å². The van der Waals surface area contributed by atoms with Gasteiger partial charge in [0, 0.05) is 24.3 Å². The van der Waals surface area contributed by atoms with Crippen LogP contribution in [0.25, 0.3) is 11.3 Å². The second kappa shape index (κ2) is 5.75. The molecule has 0 bridgehead atoms. The highest BCUT2D eigenvalue weighted by Crippen LogP contribution is 2.17. The highest BCUT2D eigenvalue weighted by Gasteiger charge is 2.06. The van der Waals surface area contributed by atoms with Crippen molar-refractivity contribution < 1.29 is 4.42 Å². The van der Waals surface area contributed by atoms with Gasteiger partial charge in [0.05, 0.1) is 18.2 Å². The fourth-order valence-electron chi connectivity index (χ4n) is 2.13. The molecule has 2 heterocycles. The van der Waals surface area contributed by atoms with E-state index in [9.17, 15) is 0 Å². The molecular formula is C16H17N3O. The van der Waals surface area contributed by atoms with E-state index in [4.69, 9.17) is 4.42 Å². The van der Waals surface area contributed by atoms with Crippen LogP contribution in [0.4, 0.5) is 0 Å². The summed E-state index contributed by atoms with van der Waals surface area (Å²) < 4.78 is 5.10. The van der Waals surface area contributed by atoms with Gasteiger partial charge in [-0.1, -0.05) is 24.3 Å². The highest BCUT2D eigenvalue weighted by atomic mass is 16.3. The Bertz CT molecular complexity index is 627. The van der Waals surface area contributed by atoms with Gasteiger partial charge in [-0.2, -0.15) is 5.10 Å². The molecule has 1 aromatic carbocycles. The molecule has 0 aliphatic heterocycles. The SMILES string of the molecule is CC(NCc1ccc(-c2ccn[nH]2)cc1)c1ccoc1. The average Bonchev–Trinajstić information content (AvgIpc) is 3.18. The van der Waals surface area contributed by atoms with Crippen LogP contribution in [0.1, 0.15) is 24.1 Å². The summed E-state index contributed by atoms with van der Waals surface area (Å²) in [6, 6.07) is 12.7. The molecule has 0 radical (unpaired) electrons. The summed E-state index contributed by atoms with van der Waals surface area (Å²) >= 11 is 0. The predicted octanol–water partition coefficient (Wildman–Crippen LogP) is 3.52. The molecule has 1 atom stereocenters. The van der Waals surface area contributed by atoms with E-state index in [2.05, 4.69) is 46.7 Å². The van der Waals surface area contributed by atoms with Gasteiger partial charge in [-0.15, -0.1) is 0 Å². The smallest absolute Gasteiger partial charge is 0.0950 e. The number of hydrogen-bond acceptors (Lipinski definition) is 3. The van der Waals surface area contributed by atoms with E-state index >= 15 is 0 Å². The van der Waals surface area contributed by atoms with Crippen LogP contribution < -0.4 is 5.32 Å². The lowest BCUT2D eigenvalue weighted by Gasteiger charge is -2.12. The first-order chi connectivity index (χ1) is 9.83. The standard InChI is InChI=1S/C16H17N3O/c1-12(15-7-9-20-11-15)17-10-13-2-4-14(5-3-13)16-6-8-18-19-16/h2-9,11-12,17H,10H2,1H3,(H,18,19). The van der Waals surface area contributed by atoms with Crippen LogP contribution in [0, 0.1) is 0 Å². The Morgan fingerprint density at radius 3 is 2.70 bits per heavy atom. The van der Waals surface area contributed by atoms with Gasteiger partial charge in [0.1, 0.15) is 0 Å². The first kappa shape index (κ1) is 12.7. The molecule has 20 heavy (non-hydrogen) atoms. The zero-order valence-electron chi connectivity index (χ0n) is 11.3. The maximum absolute atomic E-state index is 5.10. The Morgan fingerprint density at radius 1 is 1.20 bits per heavy atom. The molecule has 3 aromatic rings. The summed E-state index contributed by atoms with van der Waals surface area (Å²) in [7, 11) is 0. The number of aromatic amines is 1. The van der Waals surface area contributed by atoms with Crippen LogP contribution >= 0.6 is 0 Å². The molecule has 1 unspecified atom stereocenters. The van der Waals surface area contributed by atoms with E-state index in [1.54, 1.807) is 18.7 Å². The van der Waals surface area contributed by atoms with Crippen molar-refractivity contribution in [2.45, 2.75) is 19.5 Å². The number of benzene rings is 1. The number of rotatable bonds is 5. The number of H-pyrrole nitrogens is 1. The van der Waals surface area contributed by atoms with Gasteiger partial charge < -0.3 is 9.73 Å². The van der Waals surface area contributed by atoms with Crippen molar-refractivity contribution in [2.24, 2.45) is 0 Å². The third-order valence-electron chi connectivity index (χ3n) is 3.42. The summed E-state index contributed by atoms with van der Waals surface area (Å²) in [6.45, 7) is 2.96. The molecular weight excluding hydrogens is 250 g/mol. The van der Waals surface area contributed by atoms with Crippen LogP contribution in [-0.2, 0) is 6.54 Å². The molecule has 3 rings (SSSR count). The summed E-state index contributed by atoms with van der Waals surface area (Å²) in [6.07, 6.45) is 5.24. The number of nitrogens with zero attached hydrogens (tertiary/aromatic N) is 1. The molecule has 0 saturated carbocycles. The van der Waals surface area contributed by atoms with E-state index in [0.29, 0.717) is 0 Å². The van der Waals surface area contributed by atoms with E-state index in [1.165, 1.54) is 11.1 Å². The minimum atomic E-state index is 0.279. The third-order valence-corrected chi connectivity index (χ3v) is 3.42. The third kappa shape index (κ3) is 2.81. The lowest BCUT2D eigenvalue weighted by atomic mass is 10.1. The van der Waals surface area contributed by atoms with Gasteiger partial charge in [0.15, 0.2) is 0 Å². The summed E-state index contributed by atoms with van der Waals surface area (Å²) in [5, 5.41) is 10.4. The minimum Gasteiger partial charge on any atom is -0.472 e. The second-order valence-electron chi connectivity index (χ2n) is 4.83. The minimum absolute atomic E-state index is 0.279. The first-order valence-electron chi connectivity index (χ1n) is 6.67. The van der Waals surface area contributed by atoms with Crippen LogP contribution in [0.15, 0.2) is 59.5 Å². The molecule has 0 spiro atoms. The molecule has 0 amide bonds. The molecule has 0 saturated heterocycles. The molecule has 4 heteroatoms. The summed E-state index contributed by atoms with van der Waals surface area (Å²) in [5.41, 5.74) is 4.60. The van der Waals surface area contributed by atoms with Crippen molar-refractivity contribution in [1.82, 2.24) is 15.5 Å². The Labute approximate surface area is 117 Å². The van der Waals surface area contributed by atoms with Gasteiger partial charge in [-0.25, -0.2) is 0 Å². The van der Waals surface area contributed by atoms with Crippen molar-refractivity contribution in [3.05, 3.63) is 66.2 Å². The van der Waals surface area contributed by atoms with Gasteiger partial charge in [-0.05, 0) is 30.2 Å². The van der Waals surface area contributed by atoms with Crippen molar-refractivity contribution in [3.63, 3.8) is 0 Å². The predicted molar refractivity (Wildman–Crippen MR) is 78.0 cm³/mol. The fraction of sp³-hybridized carbons (Fsp3) is 0.188. The van der Waals surface area contributed by atoms with Crippen molar-refractivity contribution in [1.29, 1.82) is 0 Å². The van der Waals surface area contributed by atoms with E-state index < -0.39 is 0 Å². The van der Waals surface area contributed by atoms with Crippen LogP contribution in [0.3, 0.4) is 0 Å². The lowest BCUT2D eigenvalue weighted by Crippen LogP contribution is -2.17. The lowest BCUT2D eigenvalue weighted by molar-refractivity contribution is 0.538. The normalized spacial score (nSPS) is 12.4. The second-order valence-corrected chi connectivity index (χ2v) is 4.83. The average molecular weight is 267 g/mol. The van der Waals surface area contributed by atoms with Crippen LogP contribution in [-0.4, -0.2) is 10.2 Å². The number of aromatic nitrogens is 2. The first-order valence-corrected chi connectivity index (χ1v) is 6.67. The van der Waals surface area contributed by atoms with Crippen LogP contribution in [0.2, 0.25) is 0 Å². The van der Waals surface area contributed by atoms with E-state index in [1.807, 2.05) is 12.1 Å². The Hall–Kier alpha value is -2.33. The van der Waals surface area contributed by atoms with Gasteiger partial charge >= 0.3 is 0 Å². The quantitative estimate of drug-likeness (QED) is 0.743. The maximum atomic E-state index is 5.10. The monoisotopic (exact) mass is 267 g/mol. The Kier molecular flexibility index (Phi) is 3.65. The van der Waals surface area contributed by atoms with E-state index in [0.717, 1.165) is 17.8 Å². The molecule has 102 valence electrons. The Morgan fingerprint density at radius 2 is 2.05 bits per heavy atom.